The number of pyridine rings is 1. The van der Waals surface area contributed by atoms with E-state index in [4.69, 9.17) is 4.74 Å². The molecule has 0 radical (unpaired) electrons. The van der Waals surface area contributed by atoms with Crippen LogP contribution in [0.15, 0.2) is 55.0 Å². The van der Waals surface area contributed by atoms with Crippen molar-refractivity contribution in [1.82, 2.24) is 35.0 Å². The zero-order chi connectivity index (χ0) is 24.5. The number of aromatic nitrogens is 6. The maximum absolute atomic E-state index is 15.2. The van der Waals surface area contributed by atoms with Crippen molar-refractivity contribution in [2.75, 3.05) is 19.4 Å². The summed E-state index contributed by atoms with van der Waals surface area (Å²) >= 11 is 0. The van der Waals surface area contributed by atoms with Crippen molar-refractivity contribution >= 4 is 28.4 Å². The molecule has 0 aliphatic heterocycles. The molecule has 0 aliphatic rings. The van der Waals surface area contributed by atoms with Gasteiger partial charge in [-0.3, -0.25) is 14.9 Å². The number of amides is 1. The Balaban J connectivity index is 1.52. The molecule has 0 unspecified atom stereocenters. The van der Waals surface area contributed by atoms with E-state index in [9.17, 15) is 4.79 Å². The normalized spacial score (nSPS) is 11.0. The van der Waals surface area contributed by atoms with Gasteiger partial charge in [0.05, 0.1) is 11.4 Å². The smallest absolute Gasteiger partial charge is 0.262 e. The quantitative estimate of drug-likeness (QED) is 0.334. The molecule has 0 spiro atoms. The minimum atomic E-state index is -0.560. The highest BCUT2D eigenvalue weighted by molar-refractivity contribution is 6.01. The SMILES string of the molecule is Cc1cc2c(F)c(Oc3ncnc(Nc4cc(-c5ccccn5)[nH]n4)c3C(=O)N(C)C)ccc2[nH]1. The summed E-state index contributed by atoms with van der Waals surface area (Å²) in [4.78, 5) is 30.2. The molecule has 3 N–H and O–H groups in total. The minimum absolute atomic E-state index is 0.0321. The number of carbonyl (C=O) groups excluding carboxylic acids is 1. The van der Waals surface area contributed by atoms with E-state index in [1.54, 1.807) is 38.5 Å². The standard InChI is InChI=1S/C24H21FN8O2/c1-13-10-14-15(29-13)7-8-18(21(14)25)35-23-20(24(34)33(2)3)22(27-12-28-23)30-19-11-17(31-32-19)16-6-4-5-9-26-16/h4-12,29H,1-3H3,(H2,27,28,30,31,32). The molecule has 1 amide bonds. The number of fused-ring (bicyclic) bond motifs is 1. The number of carbonyl (C=O) groups is 1. The summed E-state index contributed by atoms with van der Waals surface area (Å²) < 4.78 is 21.0. The molecule has 11 heteroatoms. The highest BCUT2D eigenvalue weighted by atomic mass is 19.1. The summed E-state index contributed by atoms with van der Waals surface area (Å²) in [7, 11) is 3.18. The molecule has 4 heterocycles. The maximum atomic E-state index is 15.2. The van der Waals surface area contributed by atoms with Gasteiger partial charge in [0.1, 0.15) is 11.9 Å². The summed E-state index contributed by atoms with van der Waals surface area (Å²) in [6.07, 6.45) is 2.91. The Morgan fingerprint density at radius 2 is 1.97 bits per heavy atom. The lowest BCUT2D eigenvalue weighted by Crippen LogP contribution is -2.24. The van der Waals surface area contributed by atoms with Gasteiger partial charge in [0.15, 0.2) is 23.2 Å². The van der Waals surface area contributed by atoms with Gasteiger partial charge in [-0.15, -0.1) is 0 Å². The average molecular weight is 472 g/mol. The molecule has 35 heavy (non-hydrogen) atoms. The van der Waals surface area contributed by atoms with E-state index in [-0.39, 0.29) is 23.0 Å². The monoisotopic (exact) mass is 472 g/mol. The van der Waals surface area contributed by atoms with Gasteiger partial charge in [-0.25, -0.2) is 14.4 Å². The van der Waals surface area contributed by atoms with E-state index >= 15 is 4.39 Å². The van der Waals surface area contributed by atoms with Gasteiger partial charge in [0, 0.05) is 43.0 Å². The van der Waals surface area contributed by atoms with Crippen LogP contribution < -0.4 is 10.1 Å². The number of ether oxygens (including phenoxy) is 1. The number of benzene rings is 1. The second kappa shape index (κ2) is 8.86. The lowest BCUT2D eigenvalue weighted by Gasteiger charge is -2.17. The Hall–Kier alpha value is -4.80. The predicted molar refractivity (Wildman–Crippen MR) is 128 cm³/mol. The van der Waals surface area contributed by atoms with Gasteiger partial charge in [-0.2, -0.15) is 5.10 Å². The minimum Gasteiger partial charge on any atom is -0.435 e. The topological polar surface area (TPSA) is 125 Å². The van der Waals surface area contributed by atoms with Gasteiger partial charge < -0.3 is 19.9 Å². The number of aryl methyl sites for hydroxylation is 1. The molecule has 0 saturated heterocycles. The van der Waals surface area contributed by atoms with Crippen LogP contribution in [0, 0.1) is 12.7 Å². The molecule has 4 aromatic heterocycles. The summed E-state index contributed by atoms with van der Waals surface area (Å²) in [6, 6.07) is 12.1. The molecule has 5 rings (SSSR count). The number of H-pyrrole nitrogens is 2. The first-order chi connectivity index (χ1) is 16.9. The first-order valence-electron chi connectivity index (χ1n) is 10.7. The summed E-state index contributed by atoms with van der Waals surface area (Å²) in [6.45, 7) is 1.84. The first kappa shape index (κ1) is 22.0. The lowest BCUT2D eigenvalue weighted by molar-refractivity contribution is 0.0825. The van der Waals surface area contributed by atoms with E-state index in [1.165, 1.54) is 17.3 Å². The predicted octanol–water partition coefficient (Wildman–Crippen LogP) is 4.43. The third-order valence-corrected chi connectivity index (χ3v) is 5.24. The van der Waals surface area contributed by atoms with Crippen molar-refractivity contribution in [2.45, 2.75) is 6.92 Å². The Morgan fingerprint density at radius 3 is 2.74 bits per heavy atom. The van der Waals surface area contributed by atoms with E-state index in [0.29, 0.717) is 28.1 Å². The lowest BCUT2D eigenvalue weighted by atomic mass is 10.2. The van der Waals surface area contributed by atoms with Crippen LogP contribution in [0.2, 0.25) is 0 Å². The van der Waals surface area contributed by atoms with Gasteiger partial charge in [0.2, 0.25) is 5.88 Å². The number of nitrogens with one attached hydrogen (secondary N) is 3. The zero-order valence-electron chi connectivity index (χ0n) is 19.1. The van der Waals surface area contributed by atoms with Crippen LogP contribution in [0.5, 0.6) is 11.6 Å². The molecule has 10 nitrogen and oxygen atoms in total. The number of aromatic amines is 2. The van der Waals surface area contributed by atoms with Crippen LogP contribution in [0.25, 0.3) is 22.3 Å². The molecular weight excluding hydrogens is 451 g/mol. The molecule has 0 aliphatic carbocycles. The van der Waals surface area contributed by atoms with Crippen molar-refractivity contribution in [2.24, 2.45) is 0 Å². The Labute approximate surface area is 199 Å². The number of anilines is 2. The Morgan fingerprint density at radius 1 is 1.11 bits per heavy atom. The molecule has 0 atom stereocenters. The summed E-state index contributed by atoms with van der Waals surface area (Å²) in [5, 5.41) is 10.5. The Kier molecular flexibility index (Phi) is 5.57. The van der Waals surface area contributed by atoms with Crippen molar-refractivity contribution in [1.29, 1.82) is 0 Å². The second-order valence-electron chi connectivity index (χ2n) is 8.00. The molecule has 0 fully saturated rings. The molecule has 5 aromatic rings. The number of nitrogens with zero attached hydrogens (tertiary/aromatic N) is 5. The van der Waals surface area contributed by atoms with E-state index in [1.807, 2.05) is 25.1 Å². The fourth-order valence-electron chi connectivity index (χ4n) is 3.59. The van der Waals surface area contributed by atoms with E-state index in [0.717, 1.165) is 5.69 Å². The highest BCUT2D eigenvalue weighted by Crippen LogP contribution is 2.34. The number of hydrogen-bond acceptors (Lipinski definition) is 7. The number of hydrogen-bond donors (Lipinski definition) is 3. The van der Waals surface area contributed by atoms with Crippen LogP contribution in [0.3, 0.4) is 0 Å². The van der Waals surface area contributed by atoms with Crippen molar-refractivity contribution < 1.29 is 13.9 Å². The van der Waals surface area contributed by atoms with Gasteiger partial charge in [-0.1, -0.05) is 6.07 Å². The fourth-order valence-corrected chi connectivity index (χ4v) is 3.59. The van der Waals surface area contributed by atoms with Crippen LogP contribution in [0.1, 0.15) is 16.1 Å². The van der Waals surface area contributed by atoms with Crippen LogP contribution >= 0.6 is 0 Å². The largest absolute Gasteiger partial charge is 0.435 e. The molecule has 1 aromatic carbocycles. The van der Waals surface area contributed by atoms with Crippen LogP contribution in [-0.2, 0) is 0 Å². The molecular formula is C24H21FN8O2. The van der Waals surface area contributed by atoms with Crippen molar-refractivity contribution in [3.63, 3.8) is 0 Å². The molecule has 176 valence electrons. The van der Waals surface area contributed by atoms with Crippen LogP contribution in [0.4, 0.5) is 16.0 Å². The van der Waals surface area contributed by atoms with Gasteiger partial charge in [-0.05, 0) is 37.3 Å². The summed E-state index contributed by atoms with van der Waals surface area (Å²) in [5.41, 5.74) is 2.87. The van der Waals surface area contributed by atoms with E-state index in [2.05, 4.69) is 35.5 Å². The van der Waals surface area contributed by atoms with Crippen LogP contribution in [-0.4, -0.2) is 55.0 Å². The molecule has 0 bridgehead atoms. The highest BCUT2D eigenvalue weighted by Gasteiger charge is 2.24. The van der Waals surface area contributed by atoms with Gasteiger partial charge in [0.25, 0.3) is 5.91 Å². The Bertz CT molecular complexity index is 1530. The fraction of sp³-hybridized carbons (Fsp3) is 0.125. The third-order valence-electron chi connectivity index (χ3n) is 5.24. The van der Waals surface area contributed by atoms with Crippen molar-refractivity contribution in [3.8, 4) is 23.0 Å². The first-order valence-corrected chi connectivity index (χ1v) is 10.7. The van der Waals surface area contributed by atoms with Crippen molar-refractivity contribution in [3.05, 3.63) is 72.1 Å². The second-order valence-corrected chi connectivity index (χ2v) is 8.00. The molecule has 0 saturated carbocycles. The van der Waals surface area contributed by atoms with E-state index < -0.39 is 11.7 Å². The number of rotatable bonds is 6. The third kappa shape index (κ3) is 4.26. The maximum Gasteiger partial charge on any atom is 0.262 e. The number of halogens is 1. The van der Waals surface area contributed by atoms with Gasteiger partial charge >= 0.3 is 0 Å². The summed E-state index contributed by atoms with van der Waals surface area (Å²) in [5.74, 6) is -0.582. The average Bonchev–Trinajstić information content (AvgIpc) is 3.48. The zero-order valence-corrected chi connectivity index (χ0v) is 19.1.